The van der Waals surface area contributed by atoms with E-state index >= 15 is 0 Å². The minimum Gasteiger partial charge on any atom is -0.461 e. The molecule has 4 fully saturated rings. The zero-order valence-corrected chi connectivity index (χ0v) is 26.5. The van der Waals surface area contributed by atoms with E-state index in [0.717, 1.165) is 69.1 Å². The Morgan fingerprint density at radius 3 is 2.78 bits per heavy atom. The number of nitrogens with zero attached hydrogens (tertiary/aromatic N) is 8. The van der Waals surface area contributed by atoms with Crippen molar-refractivity contribution in [1.29, 1.82) is 5.26 Å². The molecule has 0 amide bonds. The van der Waals surface area contributed by atoms with Gasteiger partial charge in [-0.25, -0.2) is 4.68 Å². The molecule has 0 radical (unpaired) electrons. The van der Waals surface area contributed by atoms with Gasteiger partial charge in [0.2, 0.25) is 0 Å². The van der Waals surface area contributed by atoms with Crippen LogP contribution in [0.25, 0.3) is 10.9 Å². The maximum absolute atomic E-state index is 9.39. The summed E-state index contributed by atoms with van der Waals surface area (Å²) in [4.78, 5) is 17.7. The number of hydrogen-bond acceptors (Lipinski definition) is 10. The summed E-state index contributed by atoms with van der Waals surface area (Å²) in [5.74, 6) is 0.988. The number of anilines is 2. The maximum atomic E-state index is 9.39. The lowest BCUT2D eigenvalue weighted by molar-refractivity contribution is -0.0366. The van der Waals surface area contributed by atoms with Crippen LogP contribution in [0.2, 0.25) is 0 Å². The van der Waals surface area contributed by atoms with Gasteiger partial charge in [-0.3, -0.25) is 4.90 Å². The van der Waals surface area contributed by atoms with Gasteiger partial charge in [-0.05, 0) is 83.0 Å². The highest BCUT2D eigenvalue weighted by Gasteiger charge is 2.49. The van der Waals surface area contributed by atoms with Crippen LogP contribution in [0.5, 0.6) is 6.01 Å². The summed E-state index contributed by atoms with van der Waals surface area (Å²) < 4.78 is 14.7. The third kappa shape index (κ3) is 5.51. The number of nitriles is 1. The van der Waals surface area contributed by atoms with Crippen molar-refractivity contribution in [3.05, 3.63) is 35.2 Å². The van der Waals surface area contributed by atoms with Gasteiger partial charge in [0.05, 0.1) is 47.7 Å². The monoisotopic (exact) mass is 611 g/mol. The molecule has 3 saturated heterocycles. The lowest BCUT2D eigenvalue weighted by Gasteiger charge is -2.37. The van der Waals surface area contributed by atoms with E-state index in [9.17, 15) is 5.26 Å². The Balaban J connectivity index is 1.11. The van der Waals surface area contributed by atoms with E-state index in [2.05, 4.69) is 49.8 Å². The van der Waals surface area contributed by atoms with Crippen LogP contribution in [0.3, 0.4) is 0 Å². The first-order chi connectivity index (χ1) is 22.1. The van der Waals surface area contributed by atoms with Crippen LogP contribution in [0, 0.1) is 18.3 Å². The third-order valence-corrected chi connectivity index (χ3v) is 10.7. The summed E-state index contributed by atoms with van der Waals surface area (Å²) in [6.07, 6.45) is 11.6. The molecule has 0 bridgehead atoms. The van der Waals surface area contributed by atoms with Crippen molar-refractivity contribution in [2.45, 2.75) is 89.1 Å². The minimum absolute atomic E-state index is 0.00288. The van der Waals surface area contributed by atoms with E-state index in [1.165, 1.54) is 67.4 Å². The Labute approximate surface area is 265 Å². The first-order valence-electron chi connectivity index (χ1n) is 17.1. The predicted octanol–water partition coefficient (Wildman–Crippen LogP) is 4.10. The van der Waals surface area contributed by atoms with E-state index in [4.69, 9.17) is 24.5 Å². The Hall–Kier alpha value is -3.46. The molecular formula is C34H45N9O2. The summed E-state index contributed by atoms with van der Waals surface area (Å²) in [5, 5.41) is 18.9. The third-order valence-electron chi connectivity index (χ3n) is 10.7. The Kier molecular flexibility index (Phi) is 7.76. The molecule has 1 N–H and O–H groups in total. The second kappa shape index (κ2) is 12.0. The standard InChI is InChI=1S/C34H45N9O2/c1-24-7-8-29-27(20-37-43(29)30-6-2-5-19-44-30)31(24)40-17-10-26-28(22-40)38-33(45-23-34(11-12-34)42-15-3-4-16-42)39-32(26)41-18-14-36-25(21-41)9-13-35/h7-8,20,25,30,36H,2-6,9-12,14-19,21-23H2,1H3/t25-,30?/m0/s1. The second-order valence-corrected chi connectivity index (χ2v) is 13.7. The zero-order valence-electron chi connectivity index (χ0n) is 26.5. The van der Waals surface area contributed by atoms with Crippen molar-refractivity contribution in [3.63, 3.8) is 0 Å². The van der Waals surface area contributed by atoms with E-state index < -0.39 is 0 Å². The van der Waals surface area contributed by atoms with Gasteiger partial charge >= 0.3 is 6.01 Å². The fraction of sp³-hybridized carbons (Fsp3) is 0.647. The van der Waals surface area contributed by atoms with Crippen molar-refractivity contribution in [2.24, 2.45) is 0 Å². The normalized spacial score (nSPS) is 24.9. The number of benzene rings is 1. The SMILES string of the molecule is Cc1ccc2c(cnn2C2CCCCO2)c1N1CCc2c(nc(OCC3(N4CCCC4)CC3)nc2N2CCN[C@@H](CC#N)C2)C1. The van der Waals surface area contributed by atoms with Crippen molar-refractivity contribution >= 4 is 22.4 Å². The minimum atomic E-state index is 0.00288. The lowest BCUT2D eigenvalue weighted by atomic mass is 10.0. The molecule has 1 aliphatic carbocycles. The number of rotatable bonds is 8. The van der Waals surface area contributed by atoms with Crippen LogP contribution in [-0.4, -0.2) is 88.7 Å². The molecule has 238 valence electrons. The fourth-order valence-corrected chi connectivity index (χ4v) is 8.04. The van der Waals surface area contributed by atoms with Gasteiger partial charge in [0, 0.05) is 49.8 Å². The summed E-state index contributed by atoms with van der Waals surface area (Å²) in [7, 11) is 0. The van der Waals surface area contributed by atoms with Crippen LogP contribution in [-0.2, 0) is 17.7 Å². The molecule has 2 atom stereocenters. The van der Waals surface area contributed by atoms with Crippen molar-refractivity contribution < 1.29 is 9.47 Å². The van der Waals surface area contributed by atoms with Crippen LogP contribution in [0.15, 0.2) is 18.3 Å². The number of piperazine rings is 1. The number of fused-ring (bicyclic) bond motifs is 2. The average molecular weight is 612 g/mol. The van der Waals surface area contributed by atoms with Gasteiger partial charge in [0.15, 0.2) is 6.23 Å². The lowest BCUT2D eigenvalue weighted by Crippen LogP contribution is -2.51. The van der Waals surface area contributed by atoms with Crippen LogP contribution >= 0.6 is 0 Å². The van der Waals surface area contributed by atoms with E-state index in [0.29, 0.717) is 25.6 Å². The predicted molar refractivity (Wildman–Crippen MR) is 173 cm³/mol. The molecule has 5 aliphatic rings. The van der Waals surface area contributed by atoms with Gasteiger partial charge in [-0.2, -0.15) is 20.3 Å². The van der Waals surface area contributed by atoms with Gasteiger partial charge in [0.25, 0.3) is 0 Å². The van der Waals surface area contributed by atoms with E-state index in [1.807, 2.05) is 6.20 Å². The molecule has 45 heavy (non-hydrogen) atoms. The van der Waals surface area contributed by atoms with Crippen molar-refractivity contribution in [3.8, 4) is 12.1 Å². The molecule has 1 saturated carbocycles. The molecule has 1 aromatic carbocycles. The highest BCUT2D eigenvalue weighted by Crippen LogP contribution is 2.44. The molecule has 2 aromatic heterocycles. The number of hydrogen-bond donors (Lipinski definition) is 1. The van der Waals surface area contributed by atoms with E-state index in [-0.39, 0.29) is 17.8 Å². The van der Waals surface area contributed by atoms with Gasteiger partial charge in [-0.15, -0.1) is 0 Å². The Morgan fingerprint density at radius 1 is 1.09 bits per heavy atom. The average Bonchev–Trinajstić information content (AvgIpc) is 3.43. The smallest absolute Gasteiger partial charge is 0.318 e. The Bertz CT molecular complexity index is 1580. The number of ether oxygens (including phenoxy) is 2. The fourth-order valence-electron chi connectivity index (χ4n) is 8.04. The second-order valence-electron chi connectivity index (χ2n) is 13.7. The van der Waals surface area contributed by atoms with E-state index in [1.54, 1.807) is 0 Å². The molecule has 0 spiro atoms. The highest BCUT2D eigenvalue weighted by atomic mass is 16.5. The molecule has 3 aromatic rings. The van der Waals surface area contributed by atoms with Gasteiger partial charge < -0.3 is 24.6 Å². The molecule has 4 aliphatic heterocycles. The molecule has 6 heterocycles. The Morgan fingerprint density at radius 2 is 1.98 bits per heavy atom. The largest absolute Gasteiger partial charge is 0.461 e. The molecule has 8 rings (SSSR count). The zero-order chi connectivity index (χ0) is 30.4. The summed E-state index contributed by atoms with van der Waals surface area (Å²) in [5.41, 5.74) is 6.01. The molecular weight excluding hydrogens is 566 g/mol. The maximum Gasteiger partial charge on any atom is 0.318 e. The molecule has 11 heteroatoms. The summed E-state index contributed by atoms with van der Waals surface area (Å²) >= 11 is 0. The summed E-state index contributed by atoms with van der Waals surface area (Å²) in [6.45, 7) is 10.00. The van der Waals surface area contributed by atoms with Crippen LogP contribution in [0.1, 0.15) is 74.4 Å². The first kappa shape index (κ1) is 29.0. The number of nitrogens with one attached hydrogen (secondary N) is 1. The van der Waals surface area contributed by atoms with Crippen molar-refractivity contribution in [1.82, 2.24) is 30.0 Å². The van der Waals surface area contributed by atoms with Crippen molar-refractivity contribution in [2.75, 3.05) is 62.3 Å². The van der Waals surface area contributed by atoms with Crippen LogP contribution in [0.4, 0.5) is 11.5 Å². The topological polar surface area (TPSA) is 108 Å². The quantitative estimate of drug-likeness (QED) is 0.400. The number of likely N-dealkylation sites (tertiary alicyclic amines) is 1. The molecule has 1 unspecified atom stereocenters. The molecule has 11 nitrogen and oxygen atoms in total. The number of aromatic nitrogens is 4. The highest BCUT2D eigenvalue weighted by molar-refractivity contribution is 5.94. The first-order valence-corrected chi connectivity index (χ1v) is 17.1. The summed E-state index contributed by atoms with van der Waals surface area (Å²) in [6, 6.07) is 7.38. The van der Waals surface area contributed by atoms with Gasteiger partial charge in [0.1, 0.15) is 12.4 Å². The number of aryl methyl sites for hydroxylation is 1. The van der Waals surface area contributed by atoms with Crippen LogP contribution < -0.4 is 19.9 Å². The van der Waals surface area contributed by atoms with Gasteiger partial charge in [-0.1, -0.05) is 6.07 Å².